The highest BCUT2D eigenvalue weighted by molar-refractivity contribution is 7.80. The summed E-state index contributed by atoms with van der Waals surface area (Å²) in [4.78, 5) is 15.8. The van der Waals surface area contributed by atoms with Crippen LogP contribution >= 0.6 is 0 Å². The molecule has 0 saturated carbocycles. The highest BCUT2D eigenvalue weighted by Gasteiger charge is 2.31. The SMILES string of the molecule is CCOC(=O)NC1=NC(C2C=CCCN2)=CC(N)N1OS(=O)(=O)O.O. The standard InChI is InChI=1S/C12H19N5O6S.H2O/c1-2-22-12(18)16-11-15-9(8-5-3-4-6-14-8)7-10(13)17(11)23-24(19,20)21;/h3,5,7-8,10,14H,2,4,6,13H2,1H3,(H,15,16,18)(H,19,20,21);1H2. The summed E-state index contributed by atoms with van der Waals surface area (Å²) in [6, 6.07) is -0.253. The third-order valence-electron chi connectivity index (χ3n) is 3.04. The summed E-state index contributed by atoms with van der Waals surface area (Å²) in [5.41, 5.74) is 6.31. The van der Waals surface area contributed by atoms with Gasteiger partial charge in [-0.05, 0) is 26.0 Å². The monoisotopic (exact) mass is 379 g/mol. The molecule has 2 heterocycles. The number of nitrogens with two attached hydrogens (primary N) is 1. The Morgan fingerprint density at radius 1 is 1.60 bits per heavy atom. The molecule has 0 bridgehead atoms. The molecule has 0 saturated heterocycles. The number of carbonyl (C=O) groups is 1. The quantitative estimate of drug-likeness (QED) is 0.329. The van der Waals surface area contributed by atoms with Gasteiger partial charge in [0.15, 0.2) is 0 Å². The lowest BCUT2D eigenvalue weighted by Gasteiger charge is -2.32. The third-order valence-corrected chi connectivity index (χ3v) is 3.39. The molecule has 2 aliphatic heterocycles. The lowest BCUT2D eigenvalue weighted by Crippen LogP contribution is -2.55. The number of amides is 1. The van der Waals surface area contributed by atoms with Gasteiger partial charge in [0.1, 0.15) is 6.17 Å². The molecule has 2 aliphatic rings. The van der Waals surface area contributed by atoms with E-state index in [1.807, 2.05) is 12.2 Å². The molecule has 2 atom stereocenters. The fraction of sp³-hybridized carbons (Fsp3) is 0.500. The number of alkyl carbamates (subject to hydrolysis) is 1. The molecule has 2 unspecified atom stereocenters. The van der Waals surface area contributed by atoms with Crippen molar-refractivity contribution in [1.82, 2.24) is 15.7 Å². The molecule has 12 nitrogen and oxygen atoms in total. The maximum absolute atomic E-state index is 11.6. The van der Waals surface area contributed by atoms with Crippen molar-refractivity contribution in [2.45, 2.75) is 25.6 Å². The minimum absolute atomic E-state index is 0. The molecular weight excluding hydrogens is 358 g/mol. The predicted molar refractivity (Wildman–Crippen MR) is 87.3 cm³/mol. The van der Waals surface area contributed by atoms with Crippen molar-refractivity contribution in [1.29, 1.82) is 0 Å². The molecule has 1 amide bonds. The zero-order valence-corrected chi connectivity index (χ0v) is 14.2. The number of ether oxygens (including phenoxy) is 1. The molecular formula is C12H21N5O7S. The second kappa shape index (κ2) is 8.89. The van der Waals surface area contributed by atoms with Gasteiger partial charge < -0.3 is 21.3 Å². The summed E-state index contributed by atoms with van der Waals surface area (Å²) in [5.74, 6) is -0.322. The Balaban J connectivity index is 0.00000312. The highest BCUT2D eigenvalue weighted by atomic mass is 32.3. The van der Waals surface area contributed by atoms with Crippen LogP contribution in [0.1, 0.15) is 13.3 Å². The van der Waals surface area contributed by atoms with E-state index in [0.717, 1.165) is 13.0 Å². The number of aliphatic imine (C=N–C) groups is 1. The van der Waals surface area contributed by atoms with Gasteiger partial charge in [-0.15, -0.1) is 4.28 Å². The second-order valence-electron chi connectivity index (χ2n) is 4.84. The number of hydrogen-bond donors (Lipinski definition) is 4. The number of nitrogens with one attached hydrogen (secondary N) is 2. The predicted octanol–water partition coefficient (Wildman–Crippen LogP) is -1.60. The van der Waals surface area contributed by atoms with Crippen LogP contribution in [0.15, 0.2) is 28.9 Å². The minimum atomic E-state index is -4.87. The molecule has 2 rings (SSSR count). The first-order chi connectivity index (χ1) is 11.3. The molecule has 0 aromatic carbocycles. The average Bonchev–Trinajstić information content (AvgIpc) is 2.50. The van der Waals surface area contributed by atoms with Gasteiger partial charge >= 0.3 is 16.5 Å². The molecule has 0 radical (unpaired) electrons. The van der Waals surface area contributed by atoms with Crippen LogP contribution in [0.2, 0.25) is 0 Å². The van der Waals surface area contributed by atoms with Crippen LogP contribution in [0.4, 0.5) is 4.79 Å². The van der Waals surface area contributed by atoms with Gasteiger partial charge in [0.05, 0.1) is 18.3 Å². The molecule has 142 valence electrons. The van der Waals surface area contributed by atoms with Crippen LogP contribution in [0, 0.1) is 0 Å². The van der Waals surface area contributed by atoms with Gasteiger partial charge in [-0.2, -0.15) is 13.5 Å². The molecule has 7 N–H and O–H groups in total. The van der Waals surface area contributed by atoms with Crippen molar-refractivity contribution in [2.75, 3.05) is 13.2 Å². The largest absolute Gasteiger partial charge is 0.450 e. The van der Waals surface area contributed by atoms with E-state index >= 15 is 0 Å². The number of hydroxylamine groups is 2. The Morgan fingerprint density at radius 3 is 2.88 bits per heavy atom. The van der Waals surface area contributed by atoms with Crippen LogP contribution in [0.3, 0.4) is 0 Å². The van der Waals surface area contributed by atoms with E-state index in [9.17, 15) is 13.2 Å². The lowest BCUT2D eigenvalue weighted by molar-refractivity contribution is -0.0148. The Labute approximate surface area is 144 Å². The highest BCUT2D eigenvalue weighted by Crippen LogP contribution is 2.18. The fourth-order valence-electron chi connectivity index (χ4n) is 2.12. The summed E-state index contributed by atoms with van der Waals surface area (Å²) in [6.45, 7) is 2.43. The first-order valence-electron chi connectivity index (χ1n) is 7.16. The van der Waals surface area contributed by atoms with Gasteiger partial charge in [-0.3, -0.25) is 9.87 Å². The zero-order chi connectivity index (χ0) is 17.7. The average molecular weight is 379 g/mol. The van der Waals surface area contributed by atoms with Crippen LogP contribution < -0.4 is 16.4 Å². The minimum Gasteiger partial charge on any atom is -0.450 e. The zero-order valence-electron chi connectivity index (χ0n) is 13.4. The van der Waals surface area contributed by atoms with E-state index in [0.29, 0.717) is 10.8 Å². The van der Waals surface area contributed by atoms with Gasteiger partial charge in [-0.1, -0.05) is 12.2 Å². The molecule has 13 heteroatoms. The van der Waals surface area contributed by atoms with Gasteiger partial charge in [0.2, 0.25) is 5.96 Å². The van der Waals surface area contributed by atoms with Crippen LogP contribution in [0.5, 0.6) is 0 Å². The summed E-state index contributed by atoms with van der Waals surface area (Å²) in [5, 5.41) is 5.97. The first-order valence-corrected chi connectivity index (χ1v) is 8.52. The van der Waals surface area contributed by atoms with Crippen molar-refractivity contribution in [3.8, 4) is 0 Å². The topological polar surface area (TPSA) is 187 Å². The summed E-state index contributed by atoms with van der Waals surface area (Å²) >= 11 is 0. The van der Waals surface area contributed by atoms with Crippen LogP contribution in [-0.2, 0) is 19.4 Å². The second-order valence-corrected chi connectivity index (χ2v) is 5.84. The van der Waals surface area contributed by atoms with Crippen LogP contribution in [0.25, 0.3) is 0 Å². The normalized spacial score (nSPS) is 23.2. The van der Waals surface area contributed by atoms with E-state index in [2.05, 4.69) is 19.9 Å². The van der Waals surface area contributed by atoms with Crippen molar-refractivity contribution < 1.29 is 32.3 Å². The van der Waals surface area contributed by atoms with Gasteiger partial charge in [0.25, 0.3) is 0 Å². The Morgan fingerprint density at radius 2 is 2.32 bits per heavy atom. The number of guanidine groups is 1. The number of hydrogen-bond acceptors (Lipinski definition) is 9. The Hall–Kier alpha value is -2.03. The van der Waals surface area contributed by atoms with E-state index in [4.69, 9.17) is 15.0 Å². The van der Waals surface area contributed by atoms with Gasteiger partial charge in [0, 0.05) is 0 Å². The number of rotatable bonds is 4. The molecule has 0 aromatic rings. The summed E-state index contributed by atoms with van der Waals surface area (Å²) in [6.07, 6.45) is 4.14. The maximum atomic E-state index is 11.6. The molecule has 0 aliphatic carbocycles. The Kier molecular flexibility index (Phi) is 7.47. The van der Waals surface area contributed by atoms with E-state index in [-0.39, 0.29) is 24.1 Å². The van der Waals surface area contributed by atoms with E-state index < -0.39 is 22.7 Å². The van der Waals surface area contributed by atoms with Crippen molar-refractivity contribution in [3.05, 3.63) is 23.9 Å². The van der Waals surface area contributed by atoms with Crippen molar-refractivity contribution >= 4 is 22.5 Å². The van der Waals surface area contributed by atoms with Crippen molar-refractivity contribution in [2.24, 2.45) is 10.7 Å². The smallest absolute Gasteiger partial charge is 0.418 e. The van der Waals surface area contributed by atoms with E-state index in [1.54, 1.807) is 6.92 Å². The molecule has 25 heavy (non-hydrogen) atoms. The lowest BCUT2D eigenvalue weighted by atomic mass is 10.1. The van der Waals surface area contributed by atoms with Gasteiger partial charge in [-0.25, -0.2) is 9.79 Å². The fourth-order valence-corrected chi connectivity index (χ4v) is 2.49. The number of carbonyl (C=O) groups excluding carboxylic acids is 1. The van der Waals surface area contributed by atoms with E-state index in [1.165, 1.54) is 6.08 Å². The molecule has 0 spiro atoms. The molecule has 0 aromatic heterocycles. The Bertz CT molecular complexity index is 675. The number of nitrogens with zero attached hydrogens (tertiary/aromatic N) is 2. The van der Waals surface area contributed by atoms with Crippen molar-refractivity contribution in [3.63, 3.8) is 0 Å². The third kappa shape index (κ3) is 6.08. The first kappa shape index (κ1) is 21.0. The summed E-state index contributed by atoms with van der Waals surface area (Å²) in [7, 11) is -4.87. The van der Waals surface area contributed by atoms with Crippen LogP contribution in [-0.4, -0.2) is 60.9 Å². The molecule has 0 fully saturated rings. The summed E-state index contributed by atoms with van der Waals surface area (Å²) < 4.78 is 39.9. The maximum Gasteiger partial charge on any atom is 0.418 e.